The highest BCUT2D eigenvalue weighted by molar-refractivity contribution is 5.95. The third kappa shape index (κ3) is 4.52. The molecule has 2 aromatic rings. The highest BCUT2D eigenvalue weighted by Gasteiger charge is 2.31. The smallest absolute Gasteiger partial charge is 0.259 e. The summed E-state index contributed by atoms with van der Waals surface area (Å²) in [7, 11) is 2.01. The van der Waals surface area contributed by atoms with Gasteiger partial charge in [0.1, 0.15) is 5.56 Å². The van der Waals surface area contributed by atoms with E-state index in [2.05, 4.69) is 33.7 Å². The monoisotopic (exact) mass is 447 g/mol. The number of hydrogen-bond donors (Lipinski definition) is 0. The summed E-state index contributed by atoms with van der Waals surface area (Å²) in [6.45, 7) is 5.16. The van der Waals surface area contributed by atoms with E-state index in [4.69, 9.17) is 0 Å². The molecule has 2 aliphatic carbocycles. The van der Waals surface area contributed by atoms with Crippen LogP contribution >= 0.6 is 0 Å². The van der Waals surface area contributed by atoms with E-state index in [9.17, 15) is 9.59 Å². The van der Waals surface area contributed by atoms with Crippen molar-refractivity contribution in [3.8, 4) is 0 Å². The van der Waals surface area contributed by atoms with Gasteiger partial charge in [0, 0.05) is 56.7 Å². The summed E-state index contributed by atoms with van der Waals surface area (Å²) >= 11 is 0. The molecule has 5 rings (SSSR count). The molecule has 0 radical (unpaired) electrons. The topological polar surface area (TPSA) is 45.6 Å². The Balaban J connectivity index is 1.29. The van der Waals surface area contributed by atoms with E-state index < -0.39 is 0 Å². The summed E-state index contributed by atoms with van der Waals surface area (Å²) in [6, 6.07) is 11.0. The van der Waals surface area contributed by atoms with Gasteiger partial charge in [-0.2, -0.15) is 0 Å². The highest BCUT2D eigenvalue weighted by atomic mass is 16.2. The zero-order valence-electron chi connectivity index (χ0n) is 20.2. The first-order chi connectivity index (χ1) is 16.0. The van der Waals surface area contributed by atoms with Crippen molar-refractivity contribution >= 4 is 5.91 Å². The number of fused-ring (bicyclic) bond motifs is 1. The van der Waals surface area contributed by atoms with Gasteiger partial charge in [-0.1, -0.05) is 49.9 Å². The number of rotatable bonds is 4. The summed E-state index contributed by atoms with van der Waals surface area (Å²) in [5.74, 6) is 0.534. The lowest BCUT2D eigenvalue weighted by Gasteiger charge is -2.41. The predicted molar refractivity (Wildman–Crippen MR) is 132 cm³/mol. The van der Waals surface area contributed by atoms with Gasteiger partial charge in [0.2, 0.25) is 0 Å². The molecule has 1 saturated heterocycles. The summed E-state index contributed by atoms with van der Waals surface area (Å²) in [6.07, 6.45) is 9.23. The van der Waals surface area contributed by atoms with Crippen LogP contribution in [0.3, 0.4) is 0 Å². The van der Waals surface area contributed by atoms with E-state index in [1.165, 1.54) is 43.2 Å². The number of piperazine rings is 1. The zero-order valence-corrected chi connectivity index (χ0v) is 20.2. The van der Waals surface area contributed by atoms with E-state index in [1.54, 1.807) is 6.07 Å². The van der Waals surface area contributed by atoms with Crippen LogP contribution in [-0.4, -0.2) is 52.5 Å². The van der Waals surface area contributed by atoms with Crippen molar-refractivity contribution in [1.82, 2.24) is 14.4 Å². The van der Waals surface area contributed by atoms with Crippen molar-refractivity contribution in [1.29, 1.82) is 0 Å². The first-order valence-electron chi connectivity index (χ1n) is 12.8. The number of pyridine rings is 1. The molecule has 176 valence electrons. The molecule has 0 N–H and O–H groups in total. The Morgan fingerprint density at radius 2 is 1.70 bits per heavy atom. The van der Waals surface area contributed by atoms with Gasteiger partial charge in [0.25, 0.3) is 5.91 Å². The summed E-state index contributed by atoms with van der Waals surface area (Å²) in [4.78, 5) is 31.1. The van der Waals surface area contributed by atoms with Crippen LogP contribution in [0.15, 0.2) is 35.1 Å². The second-order valence-corrected chi connectivity index (χ2v) is 10.4. The average molecular weight is 448 g/mol. The van der Waals surface area contributed by atoms with Gasteiger partial charge in [0.05, 0.1) is 0 Å². The number of nitrogens with zero attached hydrogens (tertiary/aromatic N) is 3. The Kier molecular flexibility index (Phi) is 6.42. The lowest BCUT2D eigenvalue weighted by Crippen LogP contribution is -2.53. The van der Waals surface area contributed by atoms with E-state index in [-0.39, 0.29) is 11.3 Å². The molecular weight excluding hydrogens is 410 g/mol. The van der Waals surface area contributed by atoms with Crippen LogP contribution in [0.5, 0.6) is 0 Å². The molecule has 1 amide bonds. The van der Waals surface area contributed by atoms with Crippen LogP contribution in [0, 0.1) is 12.8 Å². The number of amides is 1. The molecule has 3 aliphatic rings. The molecule has 2 heterocycles. The third-order valence-corrected chi connectivity index (χ3v) is 8.42. The molecule has 1 aromatic heterocycles. The van der Waals surface area contributed by atoms with Crippen molar-refractivity contribution < 1.29 is 4.79 Å². The quantitative estimate of drug-likeness (QED) is 0.717. The number of hydrogen-bond acceptors (Lipinski definition) is 3. The van der Waals surface area contributed by atoms with Crippen LogP contribution in [0.25, 0.3) is 0 Å². The minimum atomic E-state index is -0.102. The van der Waals surface area contributed by atoms with E-state index in [0.29, 0.717) is 30.6 Å². The number of benzene rings is 1. The van der Waals surface area contributed by atoms with Gasteiger partial charge in [0.15, 0.2) is 5.43 Å². The van der Waals surface area contributed by atoms with Crippen LogP contribution in [0.4, 0.5) is 0 Å². The third-order valence-electron chi connectivity index (χ3n) is 8.42. The van der Waals surface area contributed by atoms with Crippen molar-refractivity contribution in [2.45, 2.75) is 64.3 Å². The van der Waals surface area contributed by atoms with E-state index >= 15 is 0 Å². The van der Waals surface area contributed by atoms with Crippen molar-refractivity contribution in [2.75, 3.05) is 26.2 Å². The van der Waals surface area contributed by atoms with E-state index in [1.807, 2.05) is 18.9 Å². The molecule has 33 heavy (non-hydrogen) atoms. The van der Waals surface area contributed by atoms with Gasteiger partial charge in [-0.05, 0) is 49.7 Å². The van der Waals surface area contributed by atoms with Gasteiger partial charge < -0.3 is 9.47 Å². The molecule has 5 heteroatoms. The second kappa shape index (κ2) is 9.46. The Labute approximate surface area is 197 Å². The molecule has 0 unspecified atom stereocenters. The van der Waals surface area contributed by atoms with Crippen LogP contribution in [-0.2, 0) is 26.3 Å². The SMILES string of the molecule is Cc1cc(=O)c(C(=O)N2CCN([C@@H]3CCc4ccccc4C3)CC2)c(CC2CCCC2)n1C. The summed E-state index contributed by atoms with van der Waals surface area (Å²) in [5.41, 5.74) is 5.18. The average Bonchev–Trinajstić information content (AvgIpc) is 3.35. The Bertz CT molecular complexity index is 1080. The lowest BCUT2D eigenvalue weighted by molar-refractivity contribution is 0.0549. The van der Waals surface area contributed by atoms with Gasteiger partial charge in [-0.3, -0.25) is 14.5 Å². The van der Waals surface area contributed by atoms with Crippen molar-refractivity contribution in [3.05, 3.63) is 68.6 Å². The number of aromatic nitrogens is 1. The lowest BCUT2D eigenvalue weighted by atomic mass is 9.87. The molecule has 1 atom stereocenters. The molecule has 0 spiro atoms. The van der Waals surface area contributed by atoms with Gasteiger partial charge in [-0.15, -0.1) is 0 Å². The summed E-state index contributed by atoms with van der Waals surface area (Å²) in [5, 5.41) is 0. The number of aryl methyl sites for hydroxylation is 2. The number of carbonyl (C=O) groups is 1. The standard InChI is InChI=1S/C28H37N3O2/c1-20-17-26(32)27(25(29(20)2)18-21-7-3-4-8-21)28(33)31-15-13-30(14-16-31)24-12-11-22-9-5-6-10-23(22)19-24/h5-6,9-10,17,21,24H,3-4,7-8,11-16,18-19H2,1-2H3/t24-/m1/s1. The fourth-order valence-electron chi connectivity index (χ4n) is 6.28. The largest absolute Gasteiger partial charge is 0.351 e. The second-order valence-electron chi connectivity index (χ2n) is 10.4. The zero-order chi connectivity index (χ0) is 22.9. The maximum absolute atomic E-state index is 13.6. The maximum Gasteiger partial charge on any atom is 0.259 e. The van der Waals surface area contributed by atoms with Crippen LogP contribution in [0.2, 0.25) is 0 Å². The highest BCUT2D eigenvalue weighted by Crippen LogP contribution is 2.29. The van der Waals surface area contributed by atoms with Crippen molar-refractivity contribution in [3.63, 3.8) is 0 Å². The maximum atomic E-state index is 13.6. The molecule has 5 nitrogen and oxygen atoms in total. The molecular formula is C28H37N3O2. The Morgan fingerprint density at radius 1 is 1.00 bits per heavy atom. The van der Waals surface area contributed by atoms with Gasteiger partial charge in [-0.25, -0.2) is 0 Å². The normalized spacial score (nSPS) is 21.9. The van der Waals surface area contributed by atoms with Crippen LogP contribution < -0.4 is 5.43 Å². The first kappa shape index (κ1) is 22.4. The summed E-state index contributed by atoms with van der Waals surface area (Å²) < 4.78 is 2.09. The molecule has 0 bridgehead atoms. The molecule has 1 aliphatic heterocycles. The Hall–Kier alpha value is -2.40. The fourth-order valence-corrected chi connectivity index (χ4v) is 6.28. The molecule has 2 fully saturated rings. The minimum Gasteiger partial charge on any atom is -0.351 e. The predicted octanol–water partition coefficient (Wildman–Crippen LogP) is 3.74. The van der Waals surface area contributed by atoms with Crippen LogP contribution in [0.1, 0.15) is 65.0 Å². The fraction of sp³-hybridized carbons (Fsp3) is 0.571. The van der Waals surface area contributed by atoms with E-state index in [0.717, 1.165) is 43.7 Å². The number of carbonyl (C=O) groups excluding carboxylic acids is 1. The molecule has 1 aromatic carbocycles. The van der Waals surface area contributed by atoms with Gasteiger partial charge >= 0.3 is 0 Å². The first-order valence-corrected chi connectivity index (χ1v) is 12.8. The Morgan fingerprint density at radius 3 is 2.42 bits per heavy atom. The molecule has 1 saturated carbocycles. The van der Waals surface area contributed by atoms with Crippen molar-refractivity contribution in [2.24, 2.45) is 13.0 Å². The minimum absolute atomic E-state index is 0.0581.